The van der Waals surface area contributed by atoms with Gasteiger partial charge in [0.25, 0.3) is 5.56 Å². The van der Waals surface area contributed by atoms with Gasteiger partial charge in [0.15, 0.2) is 0 Å². The van der Waals surface area contributed by atoms with Crippen LogP contribution in [0.25, 0.3) is 10.9 Å². The lowest BCUT2D eigenvalue weighted by Crippen LogP contribution is -2.54. The number of hydrogen-bond donors (Lipinski definition) is 1. The fourth-order valence-corrected chi connectivity index (χ4v) is 4.99. The van der Waals surface area contributed by atoms with Crippen molar-refractivity contribution in [2.75, 3.05) is 19.7 Å². The van der Waals surface area contributed by atoms with Crippen LogP contribution in [0.1, 0.15) is 20.3 Å². The zero-order valence-electron chi connectivity index (χ0n) is 14.6. The van der Waals surface area contributed by atoms with E-state index in [2.05, 4.69) is 18.8 Å². The number of para-hydroxylation sites is 1. The second-order valence-electron chi connectivity index (χ2n) is 8.21. The largest absolute Gasteiger partial charge is 0.396 e. The molecule has 1 aromatic heterocycles. The number of aliphatic hydroxyl groups excluding tert-OH is 1. The number of amides is 1. The lowest BCUT2D eigenvalue weighted by molar-refractivity contribution is -0.131. The Morgan fingerprint density at radius 1 is 1.36 bits per heavy atom. The standard InChI is InChI=1S/C19H23N3O3/c1-18(2)9-19(11-23)10-21(7-15(18)19)16(24)8-22-12-20-14-6-4-3-5-13(14)17(22)25/h3-6,12,15,23H,7-11H2,1-2H3/t15-,19-/m1/s1. The molecule has 2 heterocycles. The van der Waals surface area contributed by atoms with Gasteiger partial charge in [-0.05, 0) is 29.9 Å². The molecule has 2 aliphatic rings. The highest BCUT2D eigenvalue weighted by Crippen LogP contribution is 2.62. The van der Waals surface area contributed by atoms with Gasteiger partial charge in [-0.2, -0.15) is 0 Å². The van der Waals surface area contributed by atoms with Crippen molar-refractivity contribution in [2.45, 2.75) is 26.8 Å². The van der Waals surface area contributed by atoms with Crippen LogP contribution in [-0.4, -0.2) is 45.2 Å². The number of nitrogens with zero attached hydrogens (tertiary/aromatic N) is 3. The first kappa shape index (κ1) is 16.3. The lowest BCUT2D eigenvalue weighted by Gasteiger charge is -2.55. The van der Waals surface area contributed by atoms with E-state index < -0.39 is 0 Å². The highest BCUT2D eigenvalue weighted by Gasteiger charge is 2.62. The van der Waals surface area contributed by atoms with Crippen molar-refractivity contribution in [3.8, 4) is 0 Å². The van der Waals surface area contributed by atoms with E-state index in [0.29, 0.717) is 29.9 Å². The molecule has 0 radical (unpaired) electrons. The van der Waals surface area contributed by atoms with Crippen molar-refractivity contribution in [1.29, 1.82) is 0 Å². The van der Waals surface area contributed by atoms with Crippen molar-refractivity contribution in [1.82, 2.24) is 14.5 Å². The molecule has 1 saturated carbocycles. The van der Waals surface area contributed by atoms with Gasteiger partial charge < -0.3 is 10.0 Å². The van der Waals surface area contributed by atoms with Crippen LogP contribution in [0.4, 0.5) is 0 Å². The number of carbonyl (C=O) groups excluding carboxylic acids is 1. The van der Waals surface area contributed by atoms with Gasteiger partial charge in [0.1, 0.15) is 6.54 Å². The maximum Gasteiger partial charge on any atom is 0.261 e. The minimum atomic E-state index is -0.196. The van der Waals surface area contributed by atoms with Gasteiger partial charge in [0, 0.05) is 18.5 Å². The Morgan fingerprint density at radius 2 is 2.12 bits per heavy atom. The van der Waals surface area contributed by atoms with E-state index in [1.165, 1.54) is 10.9 Å². The number of hydrogen-bond acceptors (Lipinski definition) is 4. The minimum Gasteiger partial charge on any atom is -0.396 e. The molecular formula is C19H23N3O3. The van der Waals surface area contributed by atoms with Gasteiger partial charge in [0.05, 0.1) is 23.8 Å². The molecule has 2 aromatic rings. The SMILES string of the molecule is CC1(C)C[C@]2(CO)CN(C(=O)Cn3cnc4ccccc4c3=O)C[C@H]12. The third-order valence-corrected chi connectivity index (χ3v) is 6.10. The Bertz CT molecular complexity index is 904. The van der Waals surface area contributed by atoms with Crippen LogP contribution in [0, 0.1) is 16.7 Å². The minimum absolute atomic E-state index is 0.00861. The molecule has 0 spiro atoms. The Morgan fingerprint density at radius 3 is 2.80 bits per heavy atom. The first-order chi connectivity index (χ1) is 11.9. The smallest absolute Gasteiger partial charge is 0.261 e. The third-order valence-electron chi connectivity index (χ3n) is 6.10. The van der Waals surface area contributed by atoms with E-state index >= 15 is 0 Å². The van der Waals surface area contributed by atoms with Crippen molar-refractivity contribution in [3.05, 3.63) is 40.9 Å². The summed E-state index contributed by atoms with van der Waals surface area (Å²) in [6.45, 7) is 5.72. The summed E-state index contributed by atoms with van der Waals surface area (Å²) in [4.78, 5) is 31.4. The molecule has 6 heteroatoms. The molecule has 1 aromatic carbocycles. The van der Waals surface area contributed by atoms with Crippen LogP contribution in [0.5, 0.6) is 0 Å². The summed E-state index contributed by atoms with van der Waals surface area (Å²) in [5, 5.41) is 10.3. The molecule has 0 bridgehead atoms. The van der Waals surface area contributed by atoms with E-state index in [4.69, 9.17) is 0 Å². The van der Waals surface area contributed by atoms with Crippen LogP contribution in [0.2, 0.25) is 0 Å². The first-order valence-electron chi connectivity index (χ1n) is 8.69. The topological polar surface area (TPSA) is 75.4 Å². The summed E-state index contributed by atoms with van der Waals surface area (Å²) in [5.74, 6) is 0.234. The summed E-state index contributed by atoms with van der Waals surface area (Å²) in [5.41, 5.74) is 0.430. The molecule has 1 aliphatic heterocycles. The first-order valence-corrected chi connectivity index (χ1v) is 8.69. The Kier molecular flexibility index (Phi) is 3.51. The number of benzene rings is 1. The summed E-state index contributed by atoms with van der Waals surface area (Å²) in [6.07, 6.45) is 2.38. The number of aromatic nitrogens is 2. The number of likely N-dealkylation sites (tertiary alicyclic amines) is 1. The Hall–Kier alpha value is -2.21. The zero-order chi connectivity index (χ0) is 17.8. The predicted molar refractivity (Wildman–Crippen MR) is 94.0 cm³/mol. The molecule has 2 fully saturated rings. The second kappa shape index (κ2) is 5.39. The summed E-state index contributed by atoms with van der Waals surface area (Å²) in [7, 11) is 0. The monoisotopic (exact) mass is 341 g/mol. The van der Waals surface area contributed by atoms with Gasteiger partial charge in [-0.15, -0.1) is 0 Å². The van der Waals surface area contributed by atoms with Gasteiger partial charge in [-0.3, -0.25) is 14.2 Å². The summed E-state index contributed by atoms with van der Waals surface area (Å²) < 4.78 is 1.38. The van der Waals surface area contributed by atoms with E-state index in [1.807, 2.05) is 6.07 Å². The number of carbonyl (C=O) groups is 1. The highest BCUT2D eigenvalue weighted by atomic mass is 16.3. The summed E-state index contributed by atoms with van der Waals surface area (Å²) in [6, 6.07) is 7.14. The average molecular weight is 341 g/mol. The second-order valence-corrected chi connectivity index (χ2v) is 8.21. The van der Waals surface area contributed by atoms with Crippen LogP contribution in [0.15, 0.2) is 35.4 Å². The molecule has 1 aliphatic carbocycles. The fraction of sp³-hybridized carbons (Fsp3) is 0.526. The summed E-state index contributed by atoms with van der Waals surface area (Å²) >= 11 is 0. The van der Waals surface area contributed by atoms with E-state index in [1.54, 1.807) is 23.1 Å². The molecular weight excluding hydrogens is 318 g/mol. The Balaban J connectivity index is 1.56. The zero-order valence-corrected chi connectivity index (χ0v) is 14.6. The maximum absolute atomic E-state index is 12.7. The van der Waals surface area contributed by atoms with Crippen molar-refractivity contribution in [3.63, 3.8) is 0 Å². The lowest BCUT2D eigenvalue weighted by atomic mass is 9.48. The number of rotatable bonds is 3. The number of fused-ring (bicyclic) bond motifs is 2. The van der Waals surface area contributed by atoms with Crippen LogP contribution >= 0.6 is 0 Å². The van der Waals surface area contributed by atoms with Gasteiger partial charge >= 0.3 is 0 Å². The van der Waals surface area contributed by atoms with Crippen LogP contribution < -0.4 is 5.56 Å². The van der Waals surface area contributed by atoms with Crippen molar-refractivity contribution < 1.29 is 9.90 Å². The van der Waals surface area contributed by atoms with E-state index in [0.717, 1.165) is 6.42 Å². The quantitative estimate of drug-likeness (QED) is 0.912. The van der Waals surface area contributed by atoms with Gasteiger partial charge in [0.2, 0.25) is 5.91 Å². The van der Waals surface area contributed by atoms with Crippen LogP contribution in [0.3, 0.4) is 0 Å². The van der Waals surface area contributed by atoms with E-state index in [9.17, 15) is 14.7 Å². The fourth-order valence-electron chi connectivity index (χ4n) is 4.99. The third kappa shape index (κ3) is 2.39. The van der Waals surface area contributed by atoms with Gasteiger partial charge in [-0.25, -0.2) is 4.98 Å². The normalized spacial score (nSPS) is 27.2. The molecule has 0 unspecified atom stereocenters. The molecule has 25 heavy (non-hydrogen) atoms. The molecule has 6 nitrogen and oxygen atoms in total. The maximum atomic E-state index is 12.7. The average Bonchev–Trinajstić information content (AvgIpc) is 2.93. The number of aliphatic hydroxyl groups is 1. The molecule has 1 saturated heterocycles. The predicted octanol–water partition coefficient (Wildman–Crippen LogP) is 1.26. The van der Waals surface area contributed by atoms with Gasteiger partial charge in [-0.1, -0.05) is 26.0 Å². The van der Waals surface area contributed by atoms with E-state index in [-0.39, 0.29) is 35.4 Å². The molecule has 2 atom stereocenters. The molecule has 1 N–H and O–H groups in total. The van der Waals surface area contributed by atoms with Crippen LogP contribution in [-0.2, 0) is 11.3 Å². The molecule has 132 valence electrons. The molecule has 4 rings (SSSR count). The van der Waals surface area contributed by atoms with Crippen molar-refractivity contribution >= 4 is 16.8 Å². The Labute approximate surface area is 146 Å². The van der Waals surface area contributed by atoms with Crippen molar-refractivity contribution in [2.24, 2.45) is 16.7 Å². The highest BCUT2D eigenvalue weighted by molar-refractivity contribution is 5.79. The molecule has 1 amide bonds.